The van der Waals surface area contributed by atoms with Crippen molar-refractivity contribution in [3.05, 3.63) is 91.6 Å². The average Bonchev–Trinajstić information content (AvgIpc) is 3.27. The van der Waals surface area contributed by atoms with Crippen LogP contribution in [0.5, 0.6) is 5.75 Å². The second-order valence-electron chi connectivity index (χ2n) is 7.19. The van der Waals surface area contributed by atoms with Crippen molar-refractivity contribution in [1.29, 1.82) is 0 Å². The Labute approximate surface area is 195 Å². The molecule has 1 aliphatic rings. The van der Waals surface area contributed by atoms with Gasteiger partial charge in [-0.2, -0.15) is 0 Å². The fourth-order valence-corrected chi connectivity index (χ4v) is 5.64. The first-order chi connectivity index (χ1) is 15.0. The smallest absolute Gasteiger partial charge is 0.255 e. The van der Waals surface area contributed by atoms with Crippen LogP contribution in [0.2, 0.25) is 5.02 Å². The number of thiazole rings is 1. The van der Waals surface area contributed by atoms with Crippen LogP contribution in [0.3, 0.4) is 0 Å². The Morgan fingerprint density at radius 3 is 2.71 bits per heavy atom. The van der Waals surface area contributed by atoms with Gasteiger partial charge >= 0.3 is 0 Å². The number of ether oxygens (including phenoxy) is 1. The minimum absolute atomic E-state index is 0.137. The van der Waals surface area contributed by atoms with E-state index in [-0.39, 0.29) is 5.91 Å². The first-order valence-electron chi connectivity index (χ1n) is 9.44. The van der Waals surface area contributed by atoms with Crippen molar-refractivity contribution in [2.24, 2.45) is 0 Å². The average molecular weight is 518 g/mol. The standard InChI is InChI=1S/C23H15BrClFN2O2S/c1-30-14-5-2-12(3-6-14)11-28-21(16-10-13(26)4-8-17(16)25)19-15(22(28)29)7-9-18-20(19)27-23(24)31-18/h2-10,21H,11H2,1H3. The van der Waals surface area contributed by atoms with Crippen molar-refractivity contribution in [3.63, 3.8) is 0 Å². The molecule has 1 amide bonds. The maximum Gasteiger partial charge on any atom is 0.255 e. The van der Waals surface area contributed by atoms with Gasteiger partial charge in [-0.15, -0.1) is 11.3 Å². The molecule has 0 aliphatic carbocycles. The number of fused-ring (bicyclic) bond motifs is 3. The molecule has 1 aromatic heterocycles. The number of amides is 1. The van der Waals surface area contributed by atoms with Crippen molar-refractivity contribution in [3.8, 4) is 5.75 Å². The number of carbonyl (C=O) groups is 1. The molecule has 2 heterocycles. The summed E-state index contributed by atoms with van der Waals surface area (Å²) in [6, 6.07) is 14.9. The monoisotopic (exact) mass is 516 g/mol. The van der Waals surface area contributed by atoms with Gasteiger partial charge in [0.25, 0.3) is 5.91 Å². The van der Waals surface area contributed by atoms with Crippen molar-refractivity contribution >= 4 is 55.0 Å². The lowest BCUT2D eigenvalue weighted by Crippen LogP contribution is -2.28. The third-order valence-corrected chi connectivity index (χ3v) is 7.23. The summed E-state index contributed by atoms with van der Waals surface area (Å²) in [7, 11) is 1.61. The highest BCUT2D eigenvalue weighted by Crippen LogP contribution is 2.46. The fourth-order valence-electron chi connectivity index (χ4n) is 4.02. The van der Waals surface area contributed by atoms with E-state index in [1.807, 2.05) is 36.4 Å². The number of nitrogens with zero attached hydrogens (tertiary/aromatic N) is 2. The first kappa shape index (κ1) is 20.4. The molecule has 4 aromatic rings. The number of carbonyl (C=O) groups excluding carboxylic acids is 1. The molecule has 1 atom stereocenters. The van der Waals surface area contributed by atoms with E-state index in [0.717, 1.165) is 31.0 Å². The van der Waals surface area contributed by atoms with Crippen LogP contribution in [0, 0.1) is 5.82 Å². The summed E-state index contributed by atoms with van der Waals surface area (Å²) in [5.74, 6) is 0.192. The lowest BCUT2D eigenvalue weighted by Gasteiger charge is -2.27. The van der Waals surface area contributed by atoms with Gasteiger partial charge in [-0.25, -0.2) is 9.37 Å². The molecule has 1 unspecified atom stereocenters. The van der Waals surface area contributed by atoms with Gasteiger partial charge in [0.1, 0.15) is 11.6 Å². The lowest BCUT2D eigenvalue weighted by atomic mass is 9.96. The van der Waals surface area contributed by atoms with E-state index in [4.69, 9.17) is 16.3 Å². The number of aromatic nitrogens is 1. The number of benzene rings is 3. The van der Waals surface area contributed by atoms with E-state index in [9.17, 15) is 9.18 Å². The molecular formula is C23H15BrClFN2O2S. The number of hydrogen-bond acceptors (Lipinski definition) is 4. The van der Waals surface area contributed by atoms with Crippen LogP contribution in [0.25, 0.3) is 10.2 Å². The van der Waals surface area contributed by atoms with E-state index < -0.39 is 11.9 Å². The van der Waals surface area contributed by atoms with Crippen molar-refractivity contribution in [2.45, 2.75) is 12.6 Å². The summed E-state index contributed by atoms with van der Waals surface area (Å²) in [5.41, 5.74) is 3.51. The van der Waals surface area contributed by atoms with E-state index in [0.29, 0.717) is 22.7 Å². The predicted molar refractivity (Wildman–Crippen MR) is 123 cm³/mol. The Hall–Kier alpha value is -2.48. The molecule has 5 rings (SSSR count). The summed E-state index contributed by atoms with van der Waals surface area (Å²) in [5, 5.41) is 0.401. The van der Waals surface area contributed by atoms with Gasteiger partial charge in [0, 0.05) is 28.3 Å². The third-order valence-electron chi connectivity index (χ3n) is 5.41. The Morgan fingerprint density at radius 1 is 1.19 bits per heavy atom. The molecular weight excluding hydrogens is 503 g/mol. The Kier molecular flexibility index (Phi) is 5.20. The van der Waals surface area contributed by atoms with Crippen molar-refractivity contribution < 1.29 is 13.9 Å². The van der Waals surface area contributed by atoms with Crippen LogP contribution in [0.15, 0.2) is 58.5 Å². The highest BCUT2D eigenvalue weighted by molar-refractivity contribution is 9.11. The molecule has 0 N–H and O–H groups in total. The summed E-state index contributed by atoms with van der Waals surface area (Å²) in [6.07, 6.45) is 0. The zero-order valence-corrected chi connectivity index (χ0v) is 19.4. The molecule has 0 saturated carbocycles. The topological polar surface area (TPSA) is 42.4 Å². The number of hydrogen-bond donors (Lipinski definition) is 0. The van der Waals surface area contributed by atoms with Crippen LogP contribution in [-0.2, 0) is 6.54 Å². The quantitative estimate of drug-likeness (QED) is 0.306. The van der Waals surface area contributed by atoms with Crippen LogP contribution in [0.4, 0.5) is 4.39 Å². The molecule has 156 valence electrons. The maximum absolute atomic E-state index is 14.2. The molecule has 1 aliphatic heterocycles. The van der Waals surface area contributed by atoms with Gasteiger partial charge in [0.05, 0.1) is 23.4 Å². The van der Waals surface area contributed by atoms with Crippen molar-refractivity contribution in [1.82, 2.24) is 9.88 Å². The summed E-state index contributed by atoms with van der Waals surface area (Å²) < 4.78 is 21.1. The van der Waals surface area contributed by atoms with E-state index in [2.05, 4.69) is 20.9 Å². The molecule has 4 nitrogen and oxygen atoms in total. The molecule has 3 aromatic carbocycles. The zero-order chi connectivity index (χ0) is 21.7. The zero-order valence-electron chi connectivity index (χ0n) is 16.2. The van der Waals surface area contributed by atoms with Crippen molar-refractivity contribution in [2.75, 3.05) is 7.11 Å². The second-order valence-corrected chi connectivity index (χ2v) is 9.90. The largest absolute Gasteiger partial charge is 0.497 e. The Bertz CT molecular complexity index is 1330. The predicted octanol–water partition coefficient (Wildman–Crippen LogP) is 6.61. The van der Waals surface area contributed by atoms with E-state index in [1.165, 1.54) is 29.5 Å². The third kappa shape index (κ3) is 3.50. The van der Waals surface area contributed by atoms with Gasteiger partial charge in [-0.05, 0) is 64.0 Å². The summed E-state index contributed by atoms with van der Waals surface area (Å²) in [6.45, 7) is 0.335. The van der Waals surface area contributed by atoms with E-state index >= 15 is 0 Å². The van der Waals surface area contributed by atoms with Gasteiger partial charge in [0.2, 0.25) is 0 Å². The van der Waals surface area contributed by atoms with Crippen LogP contribution in [0.1, 0.15) is 33.1 Å². The molecule has 0 saturated heterocycles. The van der Waals surface area contributed by atoms with Crippen LogP contribution in [-0.4, -0.2) is 22.9 Å². The van der Waals surface area contributed by atoms with Crippen LogP contribution >= 0.6 is 38.9 Å². The number of halogens is 3. The molecule has 0 spiro atoms. The van der Waals surface area contributed by atoms with Crippen LogP contribution < -0.4 is 4.74 Å². The normalized spacial score (nSPS) is 15.5. The molecule has 0 radical (unpaired) electrons. The van der Waals surface area contributed by atoms with Gasteiger partial charge in [-0.1, -0.05) is 23.7 Å². The first-order valence-corrected chi connectivity index (χ1v) is 11.4. The lowest BCUT2D eigenvalue weighted by molar-refractivity contribution is 0.0736. The maximum atomic E-state index is 14.2. The second kappa shape index (κ2) is 7.89. The van der Waals surface area contributed by atoms with Gasteiger partial charge in [-0.3, -0.25) is 4.79 Å². The summed E-state index contributed by atoms with van der Waals surface area (Å²) in [4.78, 5) is 19.8. The highest BCUT2D eigenvalue weighted by atomic mass is 79.9. The Morgan fingerprint density at radius 2 is 1.97 bits per heavy atom. The number of methoxy groups -OCH3 is 1. The van der Waals surface area contributed by atoms with Gasteiger partial charge in [0.15, 0.2) is 3.92 Å². The fraction of sp³-hybridized carbons (Fsp3) is 0.130. The SMILES string of the molecule is COc1ccc(CN2C(=O)c3ccc4sc(Br)nc4c3C2c2cc(F)ccc2Cl)cc1. The minimum atomic E-state index is -0.550. The Balaban J connectivity index is 1.69. The minimum Gasteiger partial charge on any atom is -0.497 e. The molecule has 0 fully saturated rings. The molecule has 31 heavy (non-hydrogen) atoms. The summed E-state index contributed by atoms with van der Waals surface area (Å²) >= 11 is 11.4. The molecule has 8 heteroatoms. The van der Waals surface area contributed by atoms with Gasteiger partial charge < -0.3 is 9.64 Å². The number of rotatable bonds is 4. The highest BCUT2D eigenvalue weighted by Gasteiger charge is 2.41. The molecule has 0 bridgehead atoms. The van der Waals surface area contributed by atoms with E-state index in [1.54, 1.807) is 12.0 Å².